The first-order chi connectivity index (χ1) is 9.80. The molecule has 2 amide bonds. The van der Waals surface area contributed by atoms with Crippen LogP contribution in [0.5, 0.6) is 0 Å². The Hall–Kier alpha value is -2.23. The van der Waals surface area contributed by atoms with Crippen LogP contribution in [0.25, 0.3) is 0 Å². The van der Waals surface area contributed by atoms with E-state index in [1.165, 1.54) is 6.20 Å². The summed E-state index contributed by atoms with van der Waals surface area (Å²) in [5.74, 6) is -0.410. The summed E-state index contributed by atoms with van der Waals surface area (Å²) in [6, 6.07) is 1.82. The Morgan fingerprint density at radius 1 is 1.19 bits per heavy atom. The second-order valence-corrected chi connectivity index (χ2v) is 5.31. The number of carbonyl (C=O) groups is 2. The number of nitrogens with one attached hydrogen (secondary N) is 3. The van der Waals surface area contributed by atoms with Gasteiger partial charge < -0.3 is 20.7 Å². The lowest BCUT2D eigenvalue weighted by atomic mass is 10.2. The molecule has 0 saturated carbocycles. The molecule has 0 radical (unpaired) electrons. The van der Waals surface area contributed by atoms with Crippen molar-refractivity contribution in [2.75, 3.05) is 19.6 Å². The Bertz CT molecular complexity index is 419. The predicted octanol–water partition coefficient (Wildman–Crippen LogP) is 1.03. The van der Waals surface area contributed by atoms with Crippen LogP contribution in [0.4, 0.5) is 4.79 Å². The second kappa shape index (κ2) is 9.64. The second-order valence-electron chi connectivity index (χ2n) is 5.31. The monoisotopic (exact) mass is 296 g/mol. The molecule has 0 aromatic heterocycles. The van der Waals surface area contributed by atoms with Gasteiger partial charge in [-0.25, -0.2) is 4.79 Å². The number of rotatable bonds is 7. The lowest BCUT2D eigenvalue weighted by molar-refractivity contribution is -0.117. The van der Waals surface area contributed by atoms with Crippen molar-refractivity contribution in [3.05, 3.63) is 11.8 Å². The van der Waals surface area contributed by atoms with Gasteiger partial charge in [0.25, 0.3) is 5.91 Å². The Morgan fingerprint density at radius 2 is 1.86 bits per heavy atom. The molecule has 0 aliphatic heterocycles. The summed E-state index contributed by atoms with van der Waals surface area (Å²) in [6.45, 7) is 8.49. The van der Waals surface area contributed by atoms with Crippen LogP contribution in [-0.4, -0.2) is 37.2 Å². The van der Waals surface area contributed by atoms with Gasteiger partial charge in [-0.15, -0.1) is 0 Å². The molecule has 21 heavy (non-hydrogen) atoms. The van der Waals surface area contributed by atoms with Crippen LogP contribution in [-0.2, 0) is 9.53 Å². The molecule has 0 aromatic rings. The highest BCUT2D eigenvalue weighted by Crippen LogP contribution is 2.05. The normalized spacial score (nSPS) is 11.3. The highest BCUT2D eigenvalue weighted by Gasteiger charge is 2.15. The standard InChI is InChI=1S/C14H24N4O3/c1-5-6-17-12(19)11(9-15)10-16-7-8-18-13(20)21-14(2,3)4/h10,16H,5-8H2,1-4H3,(H,17,19)(H,18,20)/b11-10-. The molecule has 0 atom stereocenters. The van der Waals surface area contributed by atoms with Crippen LogP contribution in [0.15, 0.2) is 11.8 Å². The molecule has 0 saturated heterocycles. The maximum atomic E-state index is 11.5. The van der Waals surface area contributed by atoms with Gasteiger partial charge in [0.2, 0.25) is 0 Å². The molecule has 0 aromatic carbocycles. The number of hydrogen-bond acceptors (Lipinski definition) is 5. The van der Waals surface area contributed by atoms with Gasteiger partial charge in [-0.2, -0.15) is 5.26 Å². The van der Waals surface area contributed by atoms with Crippen molar-refractivity contribution >= 4 is 12.0 Å². The van der Waals surface area contributed by atoms with Crippen molar-refractivity contribution in [3.63, 3.8) is 0 Å². The van der Waals surface area contributed by atoms with E-state index in [0.29, 0.717) is 19.6 Å². The number of carbonyl (C=O) groups excluding carboxylic acids is 2. The number of nitriles is 1. The summed E-state index contributed by atoms with van der Waals surface area (Å²) in [7, 11) is 0. The van der Waals surface area contributed by atoms with Gasteiger partial charge >= 0.3 is 6.09 Å². The number of hydrogen-bond donors (Lipinski definition) is 3. The maximum absolute atomic E-state index is 11.5. The summed E-state index contributed by atoms with van der Waals surface area (Å²) in [6.07, 6.45) is 1.63. The number of ether oxygens (including phenoxy) is 1. The third-order valence-electron chi connectivity index (χ3n) is 2.08. The summed E-state index contributed by atoms with van der Waals surface area (Å²) in [5.41, 5.74) is -0.538. The van der Waals surface area contributed by atoms with Gasteiger partial charge in [-0.05, 0) is 27.2 Å². The molecule has 0 spiro atoms. The Morgan fingerprint density at radius 3 is 2.38 bits per heavy atom. The molecule has 118 valence electrons. The van der Waals surface area contributed by atoms with Crippen molar-refractivity contribution in [1.29, 1.82) is 5.26 Å². The molecule has 3 N–H and O–H groups in total. The van der Waals surface area contributed by atoms with E-state index in [1.807, 2.05) is 13.0 Å². The first-order valence-corrected chi connectivity index (χ1v) is 6.89. The molecular formula is C14H24N4O3. The zero-order chi connectivity index (χ0) is 16.3. The van der Waals surface area contributed by atoms with Crippen molar-refractivity contribution in [3.8, 4) is 6.07 Å². The minimum Gasteiger partial charge on any atom is -0.444 e. The van der Waals surface area contributed by atoms with Crippen molar-refractivity contribution < 1.29 is 14.3 Å². The van der Waals surface area contributed by atoms with Crippen molar-refractivity contribution in [2.45, 2.75) is 39.7 Å². The Balaban J connectivity index is 4.01. The van der Waals surface area contributed by atoms with Gasteiger partial charge in [-0.1, -0.05) is 6.92 Å². The minimum atomic E-state index is -0.539. The fourth-order valence-corrected chi connectivity index (χ4v) is 1.21. The number of amides is 2. The van der Waals surface area contributed by atoms with Crippen LogP contribution < -0.4 is 16.0 Å². The Kier molecular flexibility index (Phi) is 8.62. The smallest absolute Gasteiger partial charge is 0.407 e. The fraction of sp³-hybridized carbons (Fsp3) is 0.643. The average Bonchev–Trinajstić information content (AvgIpc) is 2.38. The van der Waals surface area contributed by atoms with E-state index in [4.69, 9.17) is 10.00 Å². The molecule has 0 heterocycles. The zero-order valence-corrected chi connectivity index (χ0v) is 13.1. The van der Waals surface area contributed by atoms with Crippen LogP contribution in [0.3, 0.4) is 0 Å². The van der Waals surface area contributed by atoms with E-state index in [1.54, 1.807) is 20.8 Å². The summed E-state index contributed by atoms with van der Waals surface area (Å²) in [5, 5.41) is 16.8. The van der Waals surface area contributed by atoms with Crippen LogP contribution in [0, 0.1) is 11.3 Å². The van der Waals surface area contributed by atoms with E-state index in [0.717, 1.165) is 6.42 Å². The van der Waals surface area contributed by atoms with E-state index in [2.05, 4.69) is 16.0 Å². The van der Waals surface area contributed by atoms with Crippen LogP contribution in [0.1, 0.15) is 34.1 Å². The minimum absolute atomic E-state index is 0.000665. The molecular weight excluding hydrogens is 272 g/mol. The van der Waals surface area contributed by atoms with E-state index < -0.39 is 17.6 Å². The first kappa shape index (κ1) is 18.8. The van der Waals surface area contributed by atoms with Crippen molar-refractivity contribution in [1.82, 2.24) is 16.0 Å². The van der Waals surface area contributed by atoms with Gasteiger partial charge in [0, 0.05) is 25.8 Å². The highest BCUT2D eigenvalue weighted by atomic mass is 16.6. The van der Waals surface area contributed by atoms with E-state index >= 15 is 0 Å². The van der Waals surface area contributed by atoms with Gasteiger partial charge in [-0.3, -0.25) is 4.79 Å². The van der Waals surface area contributed by atoms with Crippen LogP contribution >= 0.6 is 0 Å². The van der Waals surface area contributed by atoms with Gasteiger partial charge in [0.05, 0.1) is 0 Å². The van der Waals surface area contributed by atoms with Crippen molar-refractivity contribution in [2.24, 2.45) is 0 Å². The first-order valence-electron chi connectivity index (χ1n) is 6.89. The number of nitrogens with zero attached hydrogens (tertiary/aromatic N) is 1. The quantitative estimate of drug-likeness (QED) is 0.370. The largest absolute Gasteiger partial charge is 0.444 e. The van der Waals surface area contributed by atoms with Gasteiger partial charge in [0.1, 0.15) is 17.2 Å². The third-order valence-corrected chi connectivity index (χ3v) is 2.08. The fourth-order valence-electron chi connectivity index (χ4n) is 1.21. The maximum Gasteiger partial charge on any atom is 0.407 e. The summed E-state index contributed by atoms with van der Waals surface area (Å²) >= 11 is 0. The van der Waals surface area contributed by atoms with Crippen LogP contribution in [0.2, 0.25) is 0 Å². The Labute approximate surface area is 125 Å². The molecule has 0 aliphatic rings. The molecule has 0 fully saturated rings. The third kappa shape index (κ3) is 10.2. The average molecular weight is 296 g/mol. The number of alkyl carbamates (subject to hydrolysis) is 1. The SMILES string of the molecule is CCCNC(=O)/C(C#N)=C\NCCNC(=O)OC(C)(C)C. The molecule has 7 heteroatoms. The lowest BCUT2D eigenvalue weighted by Crippen LogP contribution is -2.35. The van der Waals surface area contributed by atoms with Gasteiger partial charge in [0.15, 0.2) is 0 Å². The van der Waals surface area contributed by atoms with E-state index in [-0.39, 0.29) is 5.57 Å². The molecule has 0 unspecified atom stereocenters. The summed E-state index contributed by atoms with van der Waals surface area (Å²) < 4.78 is 5.06. The molecule has 0 rings (SSSR count). The topological polar surface area (TPSA) is 103 Å². The van der Waals surface area contributed by atoms with E-state index in [9.17, 15) is 9.59 Å². The highest BCUT2D eigenvalue weighted by molar-refractivity contribution is 5.97. The molecule has 7 nitrogen and oxygen atoms in total. The summed E-state index contributed by atoms with van der Waals surface area (Å²) in [4.78, 5) is 22.9. The lowest BCUT2D eigenvalue weighted by Gasteiger charge is -2.19. The predicted molar refractivity (Wildman–Crippen MR) is 79.2 cm³/mol. The molecule has 0 bridgehead atoms. The zero-order valence-electron chi connectivity index (χ0n) is 13.1. The molecule has 0 aliphatic carbocycles.